The summed E-state index contributed by atoms with van der Waals surface area (Å²) in [5, 5.41) is 1.76. The van der Waals surface area contributed by atoms with Gasteiger partial charge >= 0.3 is 6.03 Å². The molecule has 1 atom stereocenters. The molecule has 26 heavy (non-hydrogen) atoms. The summed E-state index contributed by atoms with van der Waals surface area (Å²) in [6.07, 6.45) is 1.65. The number of carbonyl (C=O) groups is 2. The number of benzene rings is 1. The van der Waals surface area contributed by atoms with Crippen LogP contribution in [0.4, 0.5) is 10.5 Å². The van der Waals surface area contributed by atoms with Crippen molar-refractivity contribution in [2.24, 2.45) is 0 Å². The summed E-state index contributed by atoms with van der Waals surface area (Å²) in [6.45, 7) is 3.64. The number of thiazole rings is 1. The zero-order valence-corrected chi connectivity index (χ0v) is 15.1. The molecule has 3 amide bonds. The van der Waals surface area contributed by atoms with Gasteiger partial charge in [-0.15, -0.1) is 11.3 Å². The highest BCUT2D eigenvalue weighted by Gasteiger charge is 2.43. The number of rotatable bonds is 3. The predicted molar refractivity (Wildman–Crippen MR) is 98.4 cm³/mol. The number of amides is 3. The molecular formula is C18H16N4O3S. The van der Waals surface area contributed by atoms with Gasteiger partial charge in [-0.25, -0.2) is 9.78 Å². The molecule has 0 radical (unpaired) electrons. The lowest BCUT2D eigenvalue weighted by Gasteiger charge is -2.19. The SMILES string of the molecule is Cc1ccc(N2C(=O)N(Cc3cc(=O)n4ccsc4n3)C(=O)[C@@H]2C)cc1. The van der Waals surface area contributed by atoms with Crippen molar-refractivity contribution in [1.29, 1.82) is 0 Å². The van der Waals surface area contributed by atoms with E-state index in [1.807, 2.05) is 31.2 Å². The van der Waals surface area contributed by atoms with Crippen LogP contribution < -0.4 is 10.5 Å². The van der Waals surface area contributed by atoms with E-state index in [1.54, 1.807) is 18.5 Å². The minimum Gasteiger partial charge on any atom is -0.282 e. The number of aryl methyl sites for hydroxylation is 1. The summed E-state index contributed by atoms with van der Waals surface area (Å²) in [5.41, 5.74) is 1.92. The van der Waals surface area contributed by atoms with Gasteiger partial charge in [-0.05, 0) is 26.0 Å². The van der Waals surface area contributed by atoms with Crippen LogP contribution in [0.3, 0.4) is 0 Å². The Labute approximate surface area is 153 Å². The molecule has 0 aliphatic carbocycles. The van der Waals surface area contributed by atoms with E-state index in [9.17, 15) is 14.4 Å². The molecule has 1 fully saturated rings. The molecule has 1 aromatic carbocycles. The quantitative estimate of drug-likeness (QED) is 0.666. The van der Waals surface area contributed by atoms with Crippen molar-refractivity contribution in [2.75, 3.05) is 4.90 Å². The van der Waals surface area contributed by atoms with E-state index in [-0.39, 0.29) is 18.0 Å². The van der Waals surface area contributed by atoms with Crippen LogP contribution in [0.2, 0.25) is 0 Å². The third kappa shape index (κ3) is 2.59. The lowest BCUT2D eigenvalue weighted by molar-refractivity contribution is -0.127. The lowest BCUT2D eigenvalue weighted by atomic mass is 10.2. The van der Waals surface area contributed by atoms with Gasteiger partial charge in [0, 0.05) is 23.3 Å². The number of imide groups is 1. The van der Waals surface area contributed by atoms with Gasteiger partial charge in [-0.1, -0.05) is 17.7 Å². The first-order chi connectivity index (χ1) is 12.5. The number of fused-ring (bicyclic) bond motifs is 1. The van der Waals surface area contributed by atoms with Crippen LogP contribution in [0.5, 0.6) is 0 Å². The van der Waals surface area contributed by atoms with E-state index in [4.69, 9.17) is 0 Å². The monoisotopic (exact) mass is 368 g/mol. The maximum Gasteiger partial charge on any atom is 0.332 e. The van der Waals surface area contributed by atoms with Crippen LogP contribution in [0.15, 0.2) is 46.7 Å². The second kappa shape index (κ2) is 6.06. The standard InChI is InChI=1S/C18H16N4O3S/c1-11-3-5-14(6-4-11)22-12(2)16(24)21(18(22)25)10-13-9-15(23)20-7-8-26-17(20)19-13/h3-9,12H,10H2,1-2H3/t12-/m0/s1. The fourth-order valence-electron chi connectivity index (χ4n) is 3.04. The molecule has 1 aliphatic heterocycles. The molecule has 1 saturated heterocycles. The maximum atomic E-state index is 12.8. The number of anilines is 1. The number of aromatic nitrogens is 2. The minimum absolute atomic E-state index is 0.0198. The van der Waals surface area contributed by atoms with E-state index in [0.717, 1.165) is 10.5 Å². The Balaban J connectivity index is 1.66. The van der Waals surface area contributed by atoms with Gasteiger partial charge in [0.15, 0.2) is 4.96 Å². The first-order valence-corrected chi connectivity index (χ1v) is 9.00. The molecule has 0 saturated carbocycles. The Morgan fingerprint density at radius 3 is 2.62 bits per heavy atom. The first kappa shape index (κ1) is 16.5. The molecule has 3 heterocycles. The van der Waals surface area contributed by atoms with Gasteiger partial charge in [-0.3, -0.25) is 23.8 Å². The topological polar surface area (TPSA) is 75.0 Å². The number of urea groups is 1. The second-order valence-corrected chi connectivity index (χ2v) is 7.10. The maximum absolute atomic E-state index is 12.8. The molecule has 132 valence electrons. The lowest BCUT2D eigenvalue weighted by Crippen LogP contribution is -2.34. The van der Waals surface area contributed by atoms with Crippen molar-refractivity contribution in [1.82, 2.24) is 14.3 Å². The average molecular weight is 368 g/mol. The van der Waals surface area contributed by atoms with Crippen molar-refractivity contribution < 1.29 is 9.59 Å². The zero-order chi connectivity index (χ0) is 18.4. The van der Waals surface area contributed by atoms with E-state index in [2.05, 4.69) is 4.98 Å². The van der Waals surface area contributed by atoms with E-state index >= 15 is 0 Å². The summed E-state index contributed by atoms with van der Waals surface area (Å²) < 4.78 is 1.43. The normalized spacial score (nSPS) is 17.5. The van der Waals surface area contributed by atoms with Crippen molar-refractivity contribution in [2.45, 2.75) is 26.4 Å². The van der Waals surface area contributed by atoms with Crippen LogP contribution in [-0.2, 0) is 11.3 Å². The smallest absolute Gasteiger partial charge is 0.282 e. The van der Waals surface area contributed by atoms with Gasteiger partial charge in [0.1, 0.15) is 6.04 Å². The van der Waals surface area contributed by atoms with Crippen LogP contribution in [-0.4, -0.2) is 32.3 Å². The zero-order valence-electron chi connectivity index (χ0n) is 14.2. The Hall–Kier alpha value is -3.00. The molecule has 0 N–H and O–H groups in total. The predicted octanol–water partition coefficient (Wildman–Crippen LogP) is 2.42. The average Bonchev–Trinajstić information content (AvgIpc) is 3.16. The molecule has 1 aliphatic rings. The van der Waals surface area contributed by atoms with Gasteiger partial charge in [0.2, 0.25) is 0 Å². The van der Waals surface area contributed by atoms with Gasteiger partial charge in [0.05, 0.1) is 12.2 Å². The Morgan fingerprint density at radius 2 is 1.88 bits per heavy atom. The number of hydrogen-bond acceptors (Lipinski definition) is 5. The Morgan fingerprint density at radius 1 is 1.15 bits per heavy atom. The second-order valence-electron chi connectivity index (χ2n) is 6.23. The van der Waals surface area contributed by atoms with Gasteiger partial charge in [0.25, 0.3) is 11.5 Å². The summed E-state index contributed by atoms with van der Waals surface area (Å²) in [4.78, 5) is 45.1. The summed E-state index contributed by atoms with van der Waals surface area (Å²) in [6, 6.07) is 7.80. The molecule has 2 aromatic heterocycles. The first-order valence-electron chi connectivity index (χ1n) is 8.13. The molecule has 0 bridgehead atoms. The highest BCUT2D eigenvalue weighted by atomic mass is 32.1. The van der Waals surface area contributed by atoms with Crippen LogP contribution >= 0.6 is 11.3 Å². The molecular weight excluding hydrogens is 352 g/mol. The fourth-order valence-corrected chi connectivity index (χ4v) is 3.78. The number of hydrogen-bond donors (Lipinski definition) is 0. The molecule has 8 heteroatoms. The molecule has 7 nitrogen and oxygen atoms in total. The number of nitrogens with zero attached hydrogens (tertiary/aromatic N) is 4. The highest BCUT2D eigenvalue weighted by Crippen LogP contribution is 2.27. The molecule has 0 unspecified atom stereocenters. The van der Waals surface area contributed by atoms with E-state index < -0.39 is 12.1 Å². The van der Waals surface area contributed by atoms with Gasteiger partial charge in [-0.2, -0.15) is 0 Å². The third-order valence-corrected chi connectivity index (χ3v) is 5.19. The molecule has 3 aromatic rings. The van der Waals surface area contributed by atoms with Crippen molar-refractivity contribution >= 4 is 33.9 Å². The third-order valence-electron chi connectivity index (χ3n) is 4.44. The summed E-state index contributed by atoms with van der Waals surface area (Å²) in [5.74, 6) is -0.302. The summed E-state index contributed by atoms with van der Waals surface area (Å²) >= 11 is 1.33. The highest BCUT2D eigenvalue weighted by molar-refractivity contribution is 7.15. The van der Waals surface area contributed by atoms with Crippen molar-refractivity contribution in [3.63, 3.8) is 0 Å². The van der Waals surface area contributed by atoms with E-state index in [0.29, 0.717) is 16.3 Å². The number of carbonyl (C=O) groups excluding carboxylic acids is 2. The summed E-state index contributed by atoms with van der Waals surface area (Å²) in [7, 11) is 0. The van der Waals surface area contributed by atoms with Gasteiger partial charge < -0.3 is 0 Å². The minimum atomic E-state index is -0.600. The van der Waals surface area contributed by atoms with Crippen LogP contribution in [0.25, 0.3) is 4.96 Å². The van der Waals surface area contributed by atoms with E-state index in [1.165, 1.54) is 26.7 Å². The molecule has 0 spiro atoms. The Kier molecular flexibility index (Phi) is 3.84. The largest absolute Gasteiger partial charge is 0.332 e. The Bertz CT molecular complexity index is 1070. The van der Waals surface area contributed by atoms with Crippen LogP contribution in [0, 0.1) is 6.92 Å². The fraction of sp³-hybridized carbons (Fsp3) is 0.222. The van der Waals surface area contributed by atoms with Crippen molar-refractivity contribution in [3.05, 3.63) is 63.5 Å². The van der Waals surface area contributed by atoms with Crippen molar-refractivity contribution in [3.8, 4) is 0 Å². The molecule has 4 rings (SSSR count). The van der Waals surface area contributed by atoms with Crippen LogP contribution in [0.1, 0.15) is 18.2 Å².